The molecule has 10 N–H and O–H groups in total. The third-order valence-corrected chi connectivity index (χ3v) is 18.0. The van der Waals surface area contributed by atoms with Crippen LogP contribution in [0, 0.1) is 5.82 Å². The van der Waals surface area contributed by atoms with Crippen molar-refractivity contribution in [1.29, 1.82) is 0 Å². The van der Waals surface area contributed by atoms with Crippen LogP contribution in [0.1, 0.15) is 94.2 Å². The third kappa shape index (κ3) is 17.6. The van der Waals surface area contributed by atoms with Crippen LogP contribution in [0.15, 0.2) is 79.1 Å². The van der Waals surface area contributed by atoms with E-state index in [2.05, 4.69) is 63.9 Å². The van der Waals surface area contributed by atoms with Gasteiger partial charge in [-0.1, -0.05) is 41.6 Å². The fourth-order valence-corrected chi connectivity index (χ4v) is 12.6. The standard InChI is InChI=1S/C61H78FN13O11S2/c1-35-53(78)66-36(2)54(79)67-48-19-24-74-32-43(72-73-74)11-7-12-47(68-57(82)49(69-55(48)80)29-41-31-64-46-18-15-42(62)30-45(41)46)56(81)71-52(37(3)76)58(83)70-50(28-38-13-16-44(86-5)17-14-38)59(84)75-23-8-21-61(75,4)60(85)63-22-26-88-34-40-10-6-9-39(27-40)33-87-25-20-51(77)65-35/h6,9-10,13-18,27,30-32,35-37,47-50,52,64,76H,7-8,11-12,19-26,28-29,33-34H2,1-5H3,(H,63,85)(H,65,77)(H,66,78)(H,67,79)(H,68,82)(H,69,80)(H,70,83)(H,71,81)/t35-,36+,37-,47-,48-,49-,50-,52-,61-/m0/s1. The number of carbonyl (C=O) groups is 9. The van der Waals surface area contributed by atoms with Gasteiger partial charge in [0.25, 0.3) is 0 Å². The number of aromatic nitrogens is 4. The van der Waals surface area contributed by atoms with Crippen molar-refractivity contribution in [3.63, 3.8) is 0 Å². The zero-order valence-electron chi connectivity index (χ0n) is 50.0. The summed E-state index contributed by atoms with van der Waals surface area (Å²) in [7, 11) is 1.51. The number of aryl methyl sites for hydroxylation is 2. The van der Waals surface area contributed by atoms with Crippen LogP contribution in [0.5, 0.6) is 5.75 Å². The van der Waals surface area contributed by atoms with Crippen molar-refractivity contribution in [2.45, 2.75) is 157 Å². The number of amides is 9. The lowest BCUT2D eigenvalue weighted by Crippen LogP contribution is -2.63. The minimum Gasteiger partial charge on any atom is -0.497 e. The number of thioether (sulfide) groups is 2. The van der Waals surface area contributed by atoms with Crippen LogP contribution in [-0.2, 0) is 80.5 Å². The van der Waals surface area contributed by atoms with E-state index < -0.39 is 101 Å². The quantitative estimate of drug-likeness (QED) is 0.116. The van der Waals surface area contributed by atoms with E-state index in [9.17, 15) is 52.6 Å². The molecule has 2 aromatic heterocycles. The highest BCUT2D eigenvalue weighted by Gasteiger charge is 2.48. The number of methoxy groups -OCH3 is 1. The third-order valence-electron chi connectivity index (χ3n) is 15.9. The summed E-state index contributed by atoms with van der Waals surface area (Å²) in [5.74, 6) is -4.06. The van der Waals surface area contributed by atoms with E-state index in [4.69, 9.17) is 4.74 Å². The normalized spacial score (nSPS) is 25.6. The molecule has 5 heterocycles. The number of nitrogens with zero attached hydrogens (tertiary/aromatic N) is 4. The number of hydrogen-bond donors (Lipinski definition) is 10. The summed E-state index contributed by atoms with van der Waals surface area (Å²) in [6.45, 7) is 6.41. The van der Waals surface area contributed by atoms with E-state index in [1.807, 2.05) is 18.2 Å². The minimum atomic E-state index is -1.71. The van der Waals surface area contributed by atoms with Crippen LogP contribution in [0.2, 0.25) is 0 Å². The Morgan fingerprint density at radius 3 is 2.15 bits per heavy atom. The highest BCUT2D eigenvalue weighted by atomic mass is 32.2. The van der Waals surface area contributed by atoms with Crippen molar-refractivity contribution in [3.8, 4) is 5.75 Å². The molecular weight excluding hydrogens is 1170 g/mol. The molecule has 27 heteroatoms. The van der Waals surface area contributed by atoms with Gasteiger partial charge in [0.05, 0.1) is 18.9 Å². The molecular formula is C61H78FN13O11S2. The smallest absolute Gasteiger partial charge is 0.246 e. The SMILES string of the molecule is COc1ccc(C[C@@H]2NC(=O)[C@H]([C@H](C)O)NC(=O)[C@@H]3CCCc4cn(nn4)CC[C@H](NC(=O)[C@@H](C)NC(=O)[C@H](C)NC(=O)CCSCc4cccc(c4)CSCCNC(=O)[C@]4(C)CCCN4C2=O)C(=O)N[C@@H](Cc2c[nH]c4ccc(F)cc24)C(=O)N3)cc1. The minimum absolute atomic E-state index is 0.0463. The molecule has 9 amide bonds. The maximum absolute atomic E-state index is 15.0. The summed E-state index contributed by atoms with van der Waals surface area (Å²) in [4.78, 5) is 133. The van der Waals surface area contributed by atoms with Crippen LogP contribution in [0.3, 0.4) is 0 Å². The first-order valence-corrected chi connectivity index (χ1v) is 31.9. The van der Waals surface area contributed by atoms with Gasteiger partial charge in [-0.25, -0.2) is 4.39 Å². The molecule has 3 aliphatic heterocycles. The number of benzene rings is 3. The summed E-state index contributed by atoms with van der Waals surface area (Å²) in [5, 5.41) is 42.1. The lowest BCUT2D eigenvalue weighted by molar-refractivity contribution is -0.147. The average Bonchev–Trinajstić information content (AvgIpc) is 1.96. The van der Waals surface area contributed by atoms with Crippen LogP contribution >= 0.6 is 23.5 Å². The Hall–Kier alpha value is -8.04. The Bertz CT molecular complexity index is 3330. The van der Waals surface area contributed by atoms with Crippen molar-refractivity contribution in [1.82, 2.24) is 67.4 Å². The predicted octanol–water partition coefficient (Wildman–Crippen LogP) is 2.00. The molecule has 3 aliphatic rings. The van der Waals surface area contributed by atoms with Crippen molar-refractivity contribution >= 4 is 87.6 Å². The number of aliphatic hydroxyl groups is 1. The fourth-order valence-electron chi connectivity index (χ4n) is 10.9. The van der Waals surface area contributed by atoms with E-state index in [0.717, 1.165) is 11.1 Å². The molecule has 8 rings (SSSR count). The molecule has 0 aliphatic carbocycles. The van der Waals surface area contributed by atoms with Gasteiger partial charge in [0, 0.05) is 85.2 Å². The van der Waals surface area contributed by atoms with Gasteiger partial charge >= 0.3 is 0 Å². The van der Waals surface area contributed by atoms with Gasteiger partial charge < -0.3 is 62.3 Å². The van der Waals surface area contributed by atoms with Crippen LogP contribution in [-0.4, -0.2) is 169 Å². The molecule has 1 saturated heterocycles. The molecule has 1 fully saturated rings. The summed E-state index contributed by atoms with van der Waals surface area (Å²) in [5.41, 5.74) is 2.86. The van der Waals surface area contributed by atoms with Crippen molar-refractivity contribution < 1.29 is 57.4 Å². The van der Waals surface area contributed by atoms with E-state index in [1.54, 1.807) is 67.1 Å². The van der Waals surface area contributed by atoms with E-state index in [-0.39, 0.29) is 69.8 Å². The van der Waals surface area contributed by atoms with Gasteiger partial charge in [0.1, 0.15) is 59.4 Å². The molecule has 0 spiro atoms. The van der Waals surface area contributed by atoms with Crippen LogP contribution in [0.25, 0.3) is 10.9 Å². The molecule has 88 heavy (non-hydrogen) atoms. The zero-order chi connectivity index (χ0) is 63.1. The second kappa shape index (κ2) is 30.7. The Labute approximate surface area is 517 Å². The Morgan fingerprint density at radius 1 is 0.727 bits per heavy atom. The highest BCUT2D eigenvalue weighted by molar-refractivity contribution is 7.98. The fraction of sp³-hybridized carbons (Fsp3) is 0.492. The number of aliphatic hydroxyl groups excluding tert-OH is 1. The molecule has 9 atom stereocenters. The number of carbonyl (C=O) groups excluding carboxylic acids is 9. The lowest BCUT2D eigenvalue weighted by Gasteiger charge is -2.37. The van der Waals surface area contributed by atoms with E-state index in [0.29, 0.717) is 75.9 Å². The predicted molar refractivity (Wildman–Crippen MR) is 329 cm³/mol. The number of H-pyrrole nitrogens is 1. The van der Waals surface area contributed by atoms with Gasteiger partial charge in [-0.05, 0) is 119 Å². The number of halogens is 1. The summed E-state index contributed by atoms with van der Waals surface area (Å²) in [6, 6.07) is 9.33. The largest absolute Gasteiger partial charge is 0.497 e. The molecule has 472 valence electrons. The Balaban J connectivity index is 1.10. The summed E-state index contributed by atoms with van der Waals surface area (Å²) >= 11 is 3.17. The number of hydrogen-bond acceptors (Lipinski definition) is 15. The van der Waals surface area contributed by atoms with Gasteiger partial charge in [-0.3, -0.25) is 47.8 Å². The zero-order valence-corrected chi connectivity index (χ0v) is 51.6. The molecule has 24 nitrogen and oxygen atoms in total. The van der Waals surface area contributed by atoms with Crippen molar-refractivity contribution in [3.05, 3.63) is 113 Å². The van der Waals surface area contributed by atoms with Crippen LogP contribution < -0.4 is 47.3 Å². The molecule has 0 radical (unpaired) electrons. The highest BCUT2D eigenvalue weighted by Crippen LogP contribution is 2.31. The number of aromatic amines is 1. The second-order valence-corrected chi connectivity index (χ2v) is 24.9. The van der Waals surface area contributed by atoms with E-state index >= 15 is 0 Å². The number of ether oxygens (including phenoxy) is 1. The number of nitrogens with one attached hydrogen (secondary N) is 9. The van der Waals surface area contributed by atoms with Gasteiger partial charge in [0.2, 0.25) is 53.2 Å². The maximum atomic E-state index is 15.0. The van der Waals surface area contributed by atoms with Crippen LogP contribution in [0.4, 0.5) is 4.39 Å². The van der Waals surface area contributed by atoms with Gasteiger partial charge in [-0.15, -0.1) is 5.10 Å². The first kappa shape index (κ1) is 65.9. The maximum Gasteiger partial charge on any atom is 0.246 e. The molecule has 6 bridgehead atoms. The average molecular weight is 1250 g/mol. The monoisotopic (exact) mass is 1250 g/mol. The number of rotatable bonds is 6. The summed E-state index contributed by atoms with van der Waals surface area (Å²) < 4.78 is 21.6. The van der Waals surface area contributed by atoms with Gasteiger partial charge in [0.15, 0.2) is 0 Å². The molecule has 0 saturated carbocycles. The first-order chi connectivity index (χ1) is 42.2. The molecule has 5 aromatic rings. The second-order valence-electron chi connectivity index (χ2n) is 22.7. The topological polar surface area (TPSA) is 329 Å². The van der Waals surface area contributed by atoms with E-state index in [1.165, 1.54) is 55.7 Å². The van der Waals surface area contributed by atoms with Gasteiger partial charge in [-0.2, -0.15) is 23.5 Å². The number of fused-ring (bicyclic) bond motifs is 12. The molecule has 0 unspecified atom stereocenters. The summed E-state index contributed by atoms with van der Waals surface area (Å²) in [6.07, 6.45) is 2.54. The first-order valence-electron chi connectivity index (χ1n) is 29.6. The lowest BCUT2D eigenvalue weighted by atomic mass is 9.95. The Kier molecular flexibility index (Phi) is 23.0. The van der Waals surface area contributed by atoms with Crippen molar-refractivity contribution in [2.75, 3.05) is 31.7 Å². The molecule has 3 aromatic carbocycles. The Morgan fingerprint density at radius 2 is 1.41 bits per heavy atom. The van der Waals surface area contributed by atoms with Crippen molar-refractivity contribution in [2.24, 2.45) is 0 Å².